The summed E-state index contributed by atoms with van der Waals surface area (Å²) >= 11 is 0. The lowest BCUT2D eigenvalue weighted by molar-refractivity contribution is 0.100. The maximum Gasteiger partial charge on any atom is 0.254 e. The maximum atomic E-state index is 12.0. The Hall–Kier alpha value is -2.91. The average Bonchev–Trinajstić information content (AvgIpc) is 3.52. The van der Waals surface area contributed by atoms with Crippen molar-refractivity contribution in [1.29, 1.82) is 0 Å². The molecular formula is C23H31N7O2. The van der Waals surface area contributed by atoms with E-state index in [2.05, 4.69) is 49.6 Å². The van der Waals surface area contributed by atoms with Crippen molar-refractivity contribution in [3.8, 4) is 5.75 Å². The van der Waals surface area contributed by atoms with Crippen molar-refractivity contribution in [1.82, 2.24) is 19.8 Å². The Morgan fingerprint density at radius 2 is 2.06 bits per heavy atom. The minimum absolute atomic E-state index is 0.241. The van der Waals surface area contributed by atoms with E-state index < -0.39 is 5.91 Å². The van der Waals surface area contributed by atoms with Crippen LogP contribution in [0.25, 0.3) is 0 Å². The molecular weight excluding hydrogens is 406 g/mol. The Kier molecular flexibility index (Phi) is 5.60. The molecule has 32 heavy (non-hydrogen) atoms. The van der Waals surface area contributed by atoms with Crippen LogP contribution in [0, 0.1) is 0 Å². The topological polar surface area (TPSA) is 109 Å². The van der Waals surface area contributed by atoms with Crippen molar-refractivity contribution in [2.24, 2.45) is 5.73 Å². The third-order valence-corrected chi connectivity index (χ3v) is 6.65. The van der Waals surface area contributed by atoms with Gasteiger partial charge in [-0.15, -0.1) is 0 Å². The molecule has 0 spiro atoms. The van der Waals surface area contributed by atoms with Crippen molar-refractivity contribution in [3.63, 3.8) is 0 Å². The number of nitrogens with two attached hydrogens (primary N) is 1. The number of rotatable bonds is 7. The number of amides is 1. The number of benzene rings is 1. The second kappa shape index (κ2) is 8.55. The van der Waals surface area contributed by atoms with Gasteiger partial charge in [0, 0.05) is 44.5 Å². The molecule has 1 amide bonds. The largest absolute Gasteiger partial charge is 0.495 e. The number of hydrogen-bond donors (Lipinski definition) is 3. The second-order valence-electron chi connectivity index (χ2n) is 9.11. The summed E-state index contributed by atoms with van der Waals surface area (Å²) in [5, 5.41) is 6.73. The Balaban J connectivity index is 1.39. The minimum atomic E-state index is -0.537. The molecule has 9 heteroatoms. The number of carbonyl (C=O) groups is 1. The summed E-state index contributed by atoms with van der Waals surface area (Å²) in [5.74, 6) is 1.10. The van der Waals surface area contributed by atoms with Gasteiger partial charge in [-0.05, 0) is 56.0 Å². The van der Waals surface area contributed by atoms with E-state index >= 15 is 0 Å². The highest BCUT2D eigenvalue weighted by molar-refractivity contribution is 5.97. The first kappa shape index (κ1) is 21.0. The van der Waals surface area contributed by atoms with Crippen LogP contribution in [0.4, 0.5) is 17.5 Å². The molecule has 1 saturated heterocycles. The minimum Gasteiger partial charge on any atom is -0.495 e. The molecule has 5 rings (SSSR count). The van der Waals surface area contributed by atoms with Crippen LogP contribution < -0.4 is 21.1 Å². The summed E-state index contributed by atoms with van der Waals surface area (Å²) in [4.78, 5) is 25.8. The van der Waals surface area contributed by atoms with Crippen LogP contribution >= 0.6 is 0 Å². The number of ether oxygens (including phenoxy) is 1. The molecule has 9 nitrogen and oxygen atoms in total. The number of primary amides is 1. The number of methoxy groups -OCH3 is 1. The Morgan fingerprint density at radius 1 is 1.22 bits per heavy atom. The second-order valence-corrected chi connectivity index (χ2v) is 9.11. The molecule has 1 unspecified atom stereocenters. The van der Waals surface area contributed by atoms with Gasteiger partial charge in [-0.2, -0.15) is 4.98 Å². The molecule has 2 aromatic rings. The summed E-state index contributed by atoms with van der Waals surface area (Å²) in [6.45, 7) is 3.96. The third kappa shape index (κ3) is 4.35. The summed E-state index contributed by atoms with van der Waals surface area (Å²) in [6.07, 6.45) is 6.10. The molecule has 3 heterocycles. The van der Waals surface area contributed by atoms with Gasteiger partial charge in [0.25, 0.3) is 5.91 Å². The molecule has 1 aromatic carbocycles. The number of aromatic nitrogens is 2. The van der Waals surface area contributed by atoms with Crippen LogP contribution in [0.2, 0.25) is 0 Å². The van der Waals surface area contributed by atoms with E-state index in [1.807, 2.05) is 0 Å². The van der Waals surface area contributed by atoms with Gasteiger partial charge >= 0.3 is 0 Å². The monoisotopic (exact) mass is 437 g/mol. The van der Waals surface area contributed by atoms with Crippen LogP contribution in [0.5, 0.6) is 5.75 Å². The fraction of sp³-hybridized carbons (Fsp3) is 0.522. The highest BCUT2D eigenvalue weighted by Crippen LogP contribution is 2.34. The number of anilines is 3. The average molecular weight is 438 g/mol. The van der Waals surface area contributed by atoms with Gasteiger partial charge in [-0.1, -0.05) is 0 Å². The van der Waals surface area contributed by atoms with Crippen LogP contribution in [0.15, 0.2) is 18.3 Å². The maximum absolute atomic E-state index is 12.0. The van der Waals surface area contributed by atoms with Crippen molar-refractivity contribution >= 4 is 23.4 Å². The summed E-state index contributed by atoms with van der Waals surface area (Å²) in [7, 11) is 3.79. The molecule has 0 radical (unpaired) electrons. The number of likely N-dealkylation sites (N-methyl/N-ethyl adjacent to an activating group) is 1. The molecule has 1 saturated carbocycles. The van der Waals surface area contributed by atoms with E-state index in [-0.39, 0.29) is 6.04 Å². The SMILES string of the molecule is COc1cc2c(cc1Nc1ncc(C(N)=O)c(NC3CCN(C4CC4)C3)n1)CN(C)CC2. The first-order valence-corrected chi connectivity index (χ1v) is 11.3. The molecule has 1 atom stereocenters. The zero-order valence-electron chi connectivity index (χ0n) is 18.7. The van der Waals surface area contributed by atoms with Gasteiger partial charge in [-0.25, -0.2) is 4.98 Å². The van der Waals surface area contributed by atoms with Gasteiger partial charge in [0.2, 0.25) is 5.95 Å². The highest BCUT2D eigenvalue weighted by atomic mass is 16.5. The van der Waals surface area contributed by atoms with Gasteiger partial charge in [0.15, 0.2) is 0 Å². The highest BCUT2D eigenvalue weighted by Gasteiger charge is 2.34. The van der Waals surface area contributed by atoms with E-state index in [0.29, 0.717) is 17.3 Å². The van der Waals surface area contributed by atoms with E-state index in [4.69, 9.17) is 10.5 Å². The van der Waals surface area contributed by atoms with Gasteiger partial charge in [-0.3, -0.25) is 9.69 Å². The quantitative estimate of drug-likeness (QED) is 0.603. The lowest BCUT2D eigenvalue weighted by Crippen LogP contribution is -2.29. The van der Waals surface area contributed by atoms with E-state index in [9.17, 15) is 4.79 Å². The molecule has 1 aliphatic carbocycles. The van der Waals surface area contributed by atoms with Gasteiger partial charge in [0.1, 0.15) is 11.6 Å². The summed E-state index contributed by atoms with van der Waals surface area (Å²) < 4.78 is 5.62. The summed E-state index contributed by atoms with van der Waals surface area (Å²) in [6, 6.07) is 5.17. The normalized spacial score (nSPS) is 21.2. The van der Waals surface area contributed by atoms with E-state index in [0.717, 1.165) is 56.5 Å². The number of hydrogen-bond acceptors (Lipinski definition) is 8. The standard InChI is InChI=1S/C23H31N7O2/c1-29-7-5-14-10-20(32-2)19(9-15(14)12-29)27-23-25-11-18(21(24)31)22(28-23)26-16-6-8-30(13-16)17-3-4-17/h9-11,16-17H,3-8,12-13H2,1-2H3,(H2,24,31)(H2,25,26,27,28). The van der Waals surface area contributed by atoms with Crippen LogP contribution in [-0.4, -0.2) is 71.6 Å². The smallest absolute Gasteiger partial charge is 0.254 e. The molecule has 170 valence electrons. The van der Waals surface area contributed by atoms with Crippen molar-refractivity contribution in [2.75, 3.05) is 44.4 Å². The predicted molar refractivity (Wildman–Crippen MR) is 123 cm³/mol. The van der Waals surface area contributed by atoms with E-state index in [1.54, 1.807) is 7.11 Å². The zero-order chi connectivity index (χ0) is 22.2. The lowest BCUT2D eigenvalue weighted by Gasteiger charge is -2.26. The van der Waals surface area contributed by atoms with Gasteiger partial charge < -0.3 is 26.0 Å². The summed E-state index contributed by atoms with van der Waals surface area (Å²) in [5.41, 5.74) is 9.28. The van der Waals surface area contributed by atoms with Gasteiger partial charge in [0.05, 0.1) is 18.4 Å². The Bertz CT molecular complexity index is 1020. The van der Waals surface area contributed by atoms with Crippen LogP contribution in [-0.2, 0) is 13.0 Å². The molecule has 4 N–H and O–H groups in total. The number of likely N-dealkylation sites (tertiary alicyclic amines) is 1. The first-order chi connectivity index (χ1) is 15.5. The number of carbonyl (C=O) groups excluding carboxylic acids is 1. The molecule has 1 aromatic heterocycles. The number of fused-ring (bicyclic) bond motifs is 1. The molecule has 2 fully saturated rings. The predicted octanol–water partition coefficient (Wildman–Crippen LogP) is 1.96. The molecule has 0 bridgehead atoms. The Morgan fingerprint density at radius 3 is 2.81 bits per heavy atom. The fourth-order valence-corrected chi connectivity index (χ4v) is 4.72. The first-order valence-electron chi connectivity index (χ1n) is 11.3. The number of nitrogens with zero attached hydrogens (tertiary/aromatic N) is 4. The van der Waals surface area contributed by atoms with E-state index in [1.165, 1.54) is 30.2 Å². The zero-order valence-corrected chi connectivity index (χ0v) is 18.7. The number of nitrogens with one attached hydrogen (secondary N) is 2. The fourth-order valence-electron chi connectivity index (χ4n) is 4.72. The van der Waals surface area contributed by atoms with Crippen LogP contribution in [0.3, 0.4) is 0 Å². The third-order valence-electron chi connectivity index (χ3n) is 6.65. The van der Waals surface area contributed by atoms with Crippen molar-refractivity contribution < 1.29 is 9.53 Å². The lowest BCUT2D eigenvalue weighted by atomic mass is 9.99. The van der Waals surface area contributed by atoms with Crippen molar-refractivity contribution in [2.45, 2.75) is 44.3 Å². The molecule has 3 aliphatic rings. The Labute approximate surface area is 188 Å². The van der Waals surface area contributed by atoms with Crippen LogP contribution in [0.1, 0.15) is 40.7 Å². The molecule has 2 aliphatic heterocycles. The van der Waals surface area contributed by atoms with Crippen molar-refractivity contribution in [3.05, 3.63) is 35.0 Å².